The SMILES string of the molecule is Nc1c(C(=O)Nc2cncnc2)sc2cccc(Br)c12. The van der Waals surface area contributed by atoms with E-state index in [-0.39, 0.29) is 5.91 Å². The Hall–Kier alpha value is -1.99. The number of benzene rings is 1. The van der Waals surface area contributed by atoms with Gasteiger partial charge in [0.2, 0.25) is 0 Å². The van der Waals surface area contributed by atoms with E-state index in [4.69, 9.17) is 5.73 Å². The highest BCUT2D eigenvalue weighted by atomic mass is 79.9. The molecule has 0 bridgehead atoms. The molecule has 1 aromatic carbocycles. The first kappa shape index (κ1) is 13.0. The van der Waals surface area contributed by atoms with E-state index >= 15 is 0 Å². The van der Waals surface area contributed by atoms with Crippen LogP contribution in [0.1, 0.15) is 9.67 Å². The van der Waals surface area contributed by atoms with Crippen molar-refractivity contribution in [1.29, 1.82) is 0 Å². The summed E-state index contributed by atoms with van der Waals surface area (Å²) in [7, 11) is 0. The lowest BCUT2D eigenvalue weighted by Gasteiger charge is -2.02. The van der Waals surface area contributed by atoms with Crippen molar-refractivity contribution in [2.45, 2.75) is 0 Å². The van der Waals surface area contributed by atoms with Crippen LogP contribution in [0.2, 0.25) is 0 Å². The number of nitrogens with one attached hydrogen (secondary N) is 1. The topological polar surface area (TPSA) is 80.9 Å². The zero-order valence-corrected chi connectivity index (χ0v) is 12.5. The Kier molecular flexibility index (Phi) is 3.37. The van der Waals surface area contributed by atoms with Gasteiger partial charge in [-0.2, -0.15) is 0 Å². The van der Waals surface area contributed by atoms with Gasteiger partial charge >= 0.3 is 0 Å². The maximum Gasteiger partial charge on any atom is 0.267 e. The van der Waals surface area contributed by atoms with Crippen LogP contribution in [0.3, 0.4) is 0 Å². The lowest BCUT2D eigenvalue weighted by molar-refractivity contribution is 0.103. The van der Waals surface area contributed by atoms with Crippen LogP contribution >= 0.6 is 27.3 Å². The summed E-state index contributed by atoms with van der Waals surface area (Å²) in [5.41, 5.74) is 7.10. The molecule has 3 N–H and O–H groups in total. The van der Waals surface area contributed by atoms with Gasteiger partial charge in [0.15, 0.2) is 0 Å². The second-order valence-corrected chi connectivity index (χ2v) is 5.95. The van der Waals surface area contributed by atoms with Crippen molar-refractivity contribution in [3.05, 3.63) is 46.3 Å². The molecule has 0 aliphatic rings. The summed E-state index contributed by atoms with van der Waals surface area (Å²) < 4.78 is 1.84. The molecule has 100 valence electrons. The number of aromatic nitrogens is 2. The molecule has 5 nitrogen and oxygen atoms in total. The van der Waals surface area contributed by atoms with Crippen molar-refractivity contribution in [2.75, 3.05) is 11.1 Å². The fourth-order valence-corrected chi connectivity index (χ4v) is 3.60. The molecule has 0 fully saturated rings. The minimum absolute atomic E-state index is 0.259. The molecule has 0 spiro atoms. The first-order valence-electron chi connectivity index (χ1n) is 5.69. The van der Waals surface area contributed by atoms with Gasteiger partial charge in [0.1, 0.15) is 11.2 Å². The van der Waals surface area contributed by atoms with Crippen molar-refractivity contribution in [3.8, 4) is 0 Å². The highest BCUT2D eigenvalue weighted by molar-refractivity contribution is 9.10. The van der Waals surface area contributed by atoms with Crippen molar-refractivity contribution in [2.24, 2.45) is 0 Å². The first-order valence-corrected chi connectivity index (χ1v) is 7.30. The standard InChI is InChI=1S/C13H9BrN4OS/c14-8-2-1-3-9-10(8)11(15)12(20-9)13(19)18-7-4-16-6-17-5-7/h1-6H,15H2,(H,18,19). The van der Waals surface area contributed by atoms with E-state index in [0.717, 1.165) is 14.6 Å². The molecular formula is C13H9BrN4OS. The van der Waals surface area contributed by atoms with Gasteiger partial charge in [0, 0.05) is 14.6 Å². The number of anilines is 2. The predicted octanol–water partition coefficient (Wildman–Crippen LogP) is 3.29. The van der Waals surface area contributed by atoms with E-state index in [2.05, 4.69) is 31.2 Å². The number of nitrogens with zero attached hydrogens (tertiary/aromatic N) is 2. The maximum atomic E-state index is 12.3. The Labute approximate surface area is 127 Å². The molecule has 0 radical (unpaired) electrons. The summed E-state index contributed by atoms with van der Waals surface area (Å²) in [5.74, 6) is -0.259. The van der Waals surface area contributed by atoms with Gasteiger partial charge in [-0.15, -0.1) is 11.3 Å². The van der Waals surface area contributed by atoms with Gasteiger partial charge in [0.05, 0.1) is 23.8 Å². The Morgan fingerprint density at radius 2 is 2.05 bits per heavy atom. The van der Waals surface area contributed by atoms with Gasteiger partial charge in [-0.05, 0) is 12.1 Å². The maximum absolute atomic E-state index is 12.3. The van der Waals surface area contributed by atoms with Crippen LogP contribution in [-0.4, -0.2) is 15.9 Å². The van der Waals surface area contributed by atoms with Gasteiger partial charge < -0.3 is 11.1 Å². The smallest absolute Gasteiger partial charge is 0.267 e. The number of hydrogen-bond acceptors (Lipinski definition) is 5. The van der Waals surface area contributed by atoms with Gasteiger partial charge in [-0.3, -0.25) is 4.79 Å². The third-order valence-corrected chi connectivity index (χ3v) is 4.56. The summed E-state index contributed by atoms with van der Waals surface area (Å²) >= 11 is 4.81. The minimum Gasteiger partial charge on any atom is -0.397 e. The zero-order chi connectivity index (χ0) is 14.1. The fourth-order valence-electron chi connectivity index (χ4n) is 1.85. The molecule has 3 aromatic rings. The third-order valence-electron chi connectivity index (χ3n) is 2.73. The van der Waals surface area contributed by atoms with Crippen LogP contribution in [0.25, 0.3) is 10.1 Å². The van der Waals surface area contributed by atoms with Crippen molar-refractivity contribution in [1.82, 2.24) is 9.97 Å². The molecular weight excluding hydrogens is 340 g/mol. The van der Waals surface area contributed by atoms with E-state index in [1.165, 1.54) is 30.1 Å². The number of halogens is 1. The molecule has 7 heteroatoms. The van der Waals surface area contributed by atoms with Crippen LogP contribution in [0.4, 0.5) is 11.4 Å². The number of rotatable bonds is 2. The molecule has 0 unspecified atom stereocenters. The molecule has 0 aliphatic heterocycles. The van der Waals surface area contributed by atoms with Crippen LogP contribution in [0.5, 0.6) is 0 Å². The number of fused-ring (bicyclic) bond motifs is 1. The van der Waals surface area contributed by atoms with Crippen LogP contribution in [0.15, 0.2) is 41.4 Å². The number of amides is 1. The van der Waals surface area contributed by atoms with E-state index < -0.39 is 0 Å². The average molecular weight is 349 g/mol. The molecule has 0 saturated heterocycles. The van der Waals surface area contributed by atoms with Crippen molar-refractivity contribution in [3.63, 3.8) is 0 Å². The fraction of sp³-hybridized carbons (Fsp3) is 0. The highest BCUT2D eigenvalue weighted by Gasteiger charge is 2.18. The van der Waals surface area contributed by atoms with Crippen LogP contribution in [-0.2, 0) is 0 Å². The molecule has 2 aromatic heterocycles. The quantitative estimate of drug-likeness (QED) is 0.744. The highest BCUT2D eigenvalue weighted by Crippen LogP contribution is 2.38. The molecule has 20 heavy (non-hydrogen) atoms. The largest absolute Gasteiger partial charge is 0.397 e. The van der Waals surface area contributed by atoms with E-state index in [0.29, 0.717) is 16.3 Å². The number of hydrogen-bond donors (Lipinski definition) is 2. The summed E-state index contributed by atoms with van der Waals surface area (Å²) in [5, 5.41) is 3.60. The average Bonchev–Trinajstić information content (AvgIpc) is 2.79. The molecule has 0 saturated carbocycles. The predicted molar refractivity (Wildman–Crippen MR) is 83.9 cm³/mol. The molecule has 2 heterocycles. The van der Waals surface area contributed by atoms with E-state index in [1.54, 1.807) is 0 Å². The lowest BCUT2D eigenvalue weighted by atomic mass is 10.2. The van der Waals surface area contributed by atoms with Gasteiger partial charge in [0.25, 0.3) is 5.91 Å². The number of nitrogen functional groups attached to an aromatic ring is 1. The summed E-state index contributed by atoms with van der Waals surface area (Å²) in [6.07, 6.45) is 4.47. The molecule has 3 rings (SSSR count). The number of carbonyl (C=O) groups excluding carboxylic acids is 1. The van der Waals surface area contributed by atoms with Crippen molar-refractivity contribution < 1.29 is 4.79 Å². The summed E-state index contributed by atoms with van der Waals surface area (Å²) in [6, 6.07) is 5.75. The van der Waals surface area contributed by atoms with Gasteiger partial charge in [-0.1, -0.05) is 22.0 Å². The first-order chi connectivity index (χ1) is 9.66. The van der Waals surface area contributed by atoms with Crippen molar-refractivity contribution >= 4 is 54.6 Å². The summed E-state index contributed by atoms with van der Waals surface area (Å²) in [6.45, 7) is 0. The van der Waals surface area contributed by atoms with E-state index in [1.807, 2.05) is 18.2 Å². The Balaban J connectivity index is 2.00. The summed E-state index contributed by atoms with van der Waals surface area (Å²) in [4.78, 5) is 20.4. The third kappa shape index (κ3) is 2.25. The molecule has 1 amide bonds. The van der Waals surface area contributed by atoms with Crippen LogP contribution in [0, 0.1) is 0 Å². The Bertz CT molecular complexity index is 788. The molecule has 0 atom stereocenters. The number of thiophene rings is 1. The van der Waals surface area contributed by atoms with Gasteiger partial charge in [-0.25, -0.2) is 9.97 Å². The second-order valence-electron chi connectivity index (χ2n) is 4.04. The number of nitrogens with two attached hydrogens (primary N) is 1. The monoisotopic (exact) mass is 348 g/mol. The Morgan fingerprint density at radius 3 is 2.75 bits per heavy atom. The minimum atomic E-state index is -0.259. The van der Waals surface area contributed by atoms with Crippen LogP contribution < -0.4 is 11.1 Å². The molecule has 0 aliphatic carbocycles. The normalized spacial score (nSPS) is 10.7. The lowest BCUT2D eigenvalue weighted by Crippen LogP contribution is -2.12. The van der Waals surface area contributed by atoms with E-state index in [9.17, 15) is 4.79 Å². The number of carbonyl (C=O) groups is 1. The second kappa shape index (κ2) is 5.18. The Morgan fingerprint density at radius 1 is 1.30 bits per heavy atom. The zero-order valence-electron chi connectivity index (χ0n) is 10.1.